The predicted molar refractivity (Wildman–Crippen MR) is 101 cm³/mol. The molecule has 4 aromatic rings. The Morgan fingerprint density at radius 1 is 1.00 bits per heavy atom. The number of hydrogen-bond acceptors (Lipinski definition) is 3. The summed E-state index contributed by atoms with van der Waals surface area (Å²) in [5.74, 6) is 0.696. The number of para-hydroxylation sites is 1. The fourth-order valence-corrected chi connectivity index (χ4v) is 3.86. The van der Waals surface area contributed by atoms with Crippen molar-refractivity contribution < 1.29 is 5.32 Å². The van der Waals surface area contributed by atoms with Crippen LogP contribution in [0.4, 0.5) is 0 Å². The third-order valence-electron chi connectivity index (χ3n) is 4.22. The largest absolute Gasteiger partial charge is 0.329 e. The molecule has 0 fully saturated rings. The topological polar surface area (TPSA) is 62.4 Å². The first-order valence-electron chi connectivity index (χ1n) is 8.21. The molecule has 2 aromatic carbocycles. The van der Waals surface area contributed by atoms with Crippen LogP contribution in [0.1, 0.15) is 22.3 Å². The number of aromatic nitrogens is 2. The van der Waals surface area contributed by atoms with Gasteiger partial charge < -0.3 is 10.3 Å². The SMILES string of the molecule is O=c1[nH]c(C[NH2+][C@@H](c2ccccc2)c2cccs2)nc2ccccc12. The molecule has 1 atom stereocenters. The highest BCUT2D eigenvalue weighted by Gasteiger charge is 2.19. The minimum absolute atomic E-state index is 0.0821. The maximum Gasteiger partial charge on any atom is 0.258 e. The zero-order valence-corrected chi connectivity index (χ0v) is 14.4. The van der Waals surface area contributed by atoms with E-state index in [2.05, 4.69) is 57.1 Å². The molecule has 5 heteroatoms. The molecule has 3 N–H and O–H groups in total. The molecule has 0 spiro atoms. The van der Waals surface area contributed by atoms with Gasteiger partial charge in [0.1, 0.15) is 12.6 Å². The van der Waals surface area contributed by atoms with E-state index in [1.165, 1.54) is 10.4 Å². The number of rotatable bonds is 5. The molecule has 0 aliphatic carbocycles. The van der Waals surface area contributed by atoms with Gasteiger partial charge in [0.05, 0.1) is 15.8 Å². The van der Waals surface area contributed by atoms with Gasteiger partial charge in [-0.05, 0) is 23.6 Å². The minimum Gasteiger partial charge on any atom is -0.329 e. The van der Waals surface area contributed by atoms with Crippen LogP contribution in [0.2, 0.25) is 0 Å². The number of benzene rings is 2. The van der Waals surface area contributed by atoms with Crippen LogP contribution in [0, 0.1) is 0 Å². The lowest BCUT2D eigenvalue weighted by atomic mass is 10.1. The molecule has 0 saturated carbocycles. The van der Waals surface area contributed by atoms with Crippen LogP contribution in [0.25, 0.3) is 10.9 Å². The van der Waals surface area contributed by atoms with Gasteiger partial charge >= 0.3 is 0 Å². The Morgan fingerprint density at radius 3 is 2.60 bits per heavy atom. The summed E-state index contributed by atoms with van der Waals surface area (Å²) in [6.45, 7) is 0.609. The van der Waals surface area contributed by atoms with Gasteiger partial charge in [0.25, 0.3) is 5.56 Å². The van der Waals surface area contributed by atoms with E-state index in [4.69, 9.17) is 0 Å². The molecular formula is C20H18N3OS+. The first kappa shape index (κ1) is 15.7. The second-order valence-electron chi connectivity index (χ2n) is 5.87. The number of nitrogens with one attached hydrogen (secondary N) is 1. The molecule has 124 valence electrons. The monoisotopic (exact) mass is 348 g/mol. The highest BCUT2D eigenvalue weighted by atomic mass is 32.1. The molecule has 0 radical (unpaired) electrons. The zero-order valence-electron chi connectivity index (χ0n) is 13.6. The Bertz CT molecular complexity index is 1030. The van der Waals surface area contributed by atoms with Gasteiger partial charge in [-0.1, -0.05) is 48.5 Å². The van der Waals surface area contributed by atoms with Crippen molar-refractivity contribution in [2.75, 3.05) is 0 Å². The lowest BCUT2D eigenvalue weighted by Gasteiger charge is -2.14. The molecule has 0 bridgehead atoms. The van der Waals surface area contributed by atoms with Crippen molar-refractivity contribution in [3.63, 3.8) is 0 Å². The van der Waals surface area contributed by atoms with Crippen molar-refractivity contribution in [1.29, 1.82) is 0 Å². The van der Waals surface area contributed by atoms with Crippen molar-refractivity contribution in [2.24, 2.45) is 0 Å². The Labute approximate surface area is 149 Å². The third kappa shape index (κ3) is 3.38. The van der Waals surface area contributed by atoms with Crippen LogP contribution in [-0.4, -0.2) is 9.97 Å². The smallest absolute Gasteiger partial charge is 0.258 e. The highest BCUT2D eigenvalue weighted by molar-refractivity contribution is 7.10. The van der Waals surface area contributed by atoms with Gasteiger partial charge in [-0.15, -0.1) is 11.3 Å². The molecule has 0 unspecified atom stereocenters. The molecule has 0 amide bonds. The number of quaternary nitrogens is 1. The molecule has 4 rings (SSSR count). The van der Waals surface area contributed by atoms with E-state index >= 15 is 0 Å². The van der Waals surface area contributed by atoms with E-state index in [0.29, 0.717) is 17.8 Å². The lowest BCUT2D eigenvalue weighted by Crippen LogP contribution is -2.84. The fourth-order valence-electron chi connectivity index (χ4n) is 3.01. The summed E-state index contributed by atoms with van der Waals surface area (Å²) in [6.07, 6.45) is 0. The number of nitrogens with two attached hydrogens (primary N) is 1. The highest BCUT2D eigenvalue weighted by Crippen LogP contribution is 2.22. The summed E-state index contributed by atoms with van der Waals surface area (Å²) in [7, 11) is 0. The average molecular weight is 348 g/mol. The Hall–Kier alpha value is -2.76. The van der Waals surface area contributed by atoms with E-state index in [1.54, 1.807) is 17.4 Å². The summed E-state index contributed by atoms with van der Waals surface area (Å²) in [4.78, 5) is 21.0. The van der Waals surface area contributed by atoms with Gasteiger partial charge in [-0.3, -0.25) is 4.79 Å². The fraction of sp³-hybridized carbons (Fsp3) is 0.100. The van der Waals surface area contributed by atoms with Crippen LogP contribution in [0.15, 0.2) is 76.9 Å². The normalized spacial score (nSPS) is 12.3. The van der Waals surface area contributed by atoms with E-state index in [1.807, 2.05) is 24.3 Å². The van der Waals surface area contributed by atoms with E-state index in [9.17, 15) is 4.79 Å². The van der Waals surface area contributed by atoms with Gasteiger partial charge in [0, 0.05) is 5.56 Å². The lowest BCUT2D eigenvalue weighted by molar-refractivity contribution is -0.702. The van der Waals surface area contributed by atoms with Crippen LogP contribution in [-0.2, 0) is 6.54 Å². The second kappa shape index (κ2) is 7.01. The van der Waals surface area contributed by atoms with Crippen molar-refractivity contribution in [3.05, 3.63) is 98.7 Å². The summed E-state index contributed by atoms with van der Waals surface area (Å²) in [6, 6.07) is 22.3. The summed E-state index contributed by atoms with van der Waals surface area (Å²) in [5, 5.41) is 4.94. The van der Waals surface area contributed by atoms with Gasteiger partial charge in [0.15, 0.2) is 5.82 Å². The number of H-pyrrole nitrogens is 1. The summed E-state index contributed by atoms with van der Waals surface area (Å²) in [5.41, 5.74) is 1.90. The molecule has 0 aliphatic heterocycles. The number of thiophene rings is 1. The van der Waals surface area contributed by atoms with Crippen molar-refractivity contribution in [3.8, 4) is 0 Å². The Balaban J connectivity index is 1.63. The maximum absolute atomic E-state index is 12.2. The second-order valence-corrected chi connectivity index (χ2v) is 6.85. The zero-order chi connectivity index (χ0) is 17.1. The standard InChI is InChI=1S/C20H17N3OS/c24-20-15-9-4-5-10-16(15)22-18(23-20)13-21-19(17-11-6-12-25-17)14-7-2-1-3-8-14/h1-12,19,21H,13H2,(H,22,23,24)/p+1/t19-/m0/s1. The molecule has 2 heterocycles. The van der Waals surface area contributed by atoms with Gasteiger partial charge in [-0.2, -0.15) is 0 Å². The Kier molecular flexibility index (Phi) is 4.41. The average Bonchev–Trinajstić information content (AvgIpc) is 3.17. The first-order chi connectivity index (χ1) is 12.3. The van der Waals surface area contributed by atoms with Gasteiger partial charge in [0.2, 0.25) is 0 Å². The maximum atomic E-state index is 12.2. The first-order valence-corrected chi connectivity index (χ1v) is 9.09. The summed E-state index contributed by atoms with van der Waals surface area (Å²) < 4.78 is 0. The van der Waals surface area contributed by atoms with Gasteiger partial charge in [-0.25, -0.2) is 4.98 Å². The number of aromatic amines is 1. The number of hydrogen-bond donors (Lipinski definition) is 2. The van der Waals surface area contributed by atoms with E-state index in [-0.39, 0.29) is 11.6 Å². The Morgan fingerprint density at radius 2 is 1.80 bits per heavy atom. The molecule has 0 aliphatic rings. The van der Waals surface area contributed by atoms with Crippen molar-refractivity contribution in [2.45, 2.75) is 12.6 Å². The van der Waals surface area contributed by atoms with E-state index < -0.39 is 0 Å². The third-order valence-corrected chi connectivity index (χ3v) is 5.17. The summed E-state index contributed by atoms with van der Waals surface area (Å²) >= 11 is 1.74. The van der Waals surface area contributed by atoms with Crippen LogP contribution < -0.4 is 10.9 Å². The van der Waals surface area contributed by atoms with Crippen LogP contribution >= 0.6 is 11.3 Å². The van der Waals surface area contributed by atoms with Crippen molar-refractivity contribution in [1.82, 2.24) is 9.97 Å². The van der Waals surface area contributed by atoms with E-state index in [0.717, 1.165) is 5.52 Å². The molecule has 4 nitrogen and oxygen atoms in total. The molecule has 0 saturated heterocycles. The number of nitrogens with zero attached hydrogens (tertiary/aromatic N) is 1. The predicted octanol–water partition coefficient (Wildman–Crippen LogP) is 2.84. The van der Waals surface area contributed by atoms with Crippen LogP contribution in [0.3, 0.4) is 0 Å². The van der Waals surface area contributed by atoms with Crippen LogP contribution in [0.5, 0.6) is 0 Å². The molecule has 25 heavy (non-hydrogen) atoms. The molecular weight excluding hydrogens is 330 g/mol. The van der Waals surface area contributed by atoms with Crippen molar-refractivity contribution >= 4 is 22.2 Å². The quantitative estimate of drug-likeness (QED) is 0.582. The molecule has 2 aromatic heterocycles. The minimum atomic E-state index is -0.0821. The number of fused-ring (bicyclic) bond motifs is 1.